The Morgan fingerprint density at radius 2 is 2.33 bits per heavy atom. The minimum Gasteiger partial charge on any atom is -0.548 e. The molecule has 0 amide bonds. The van der Waals surface area contributed by atoms with Gasteiger partial charge in [-0.2, -0.15) is 0 Å². The average molecular weight is 163 g/mol. The fourth-order valence-electron chi connectivity index (χ4n) is 0.258. The number of hydrogen-bond acceptors (Lipinski definition) is 4. The number of aliphatic carboxylic acids is 1. The zero-order valence-corrected chi connectivity index (χ0v) is 6.42. The summed E-state index contributed by atoms with van der Waals surface area (Å²) in [6.07, 6.45) is 0. The number of carboxylic acids is 1. The molecule has 5 heteroatoms. The summed E-state index contributed by atoms with van der Waals surface area (Å²) in [5, 5.41) is 9.86. The maximum atomic E-state index is 9.86. The van der Waals surface area contributed by atoms with E-state index in [-0.39, 0.29) is 10.9 Å². The third-order valence-corrected chi connectivity index (χ3v) is 1.30. The van der Waals surface area contributed by atoms with Crippen LogP contribution < -0.4 is 5.11 Å². The fourth-order valence-corrected chi connectivity index (χ4v) is 0.387. The van der Waals surface area contributed by atoms with Crippen LogP contribution in [0.3, 0.4) is 0 Å². The molecule has 0 aliphatic heterocycles. The molecule has 0 fully saturated rings. The van der Waals surface area contributed by atoms with Crippen LogP contribution in [0.25, 0.3) is 0 Å². The first-order valence-electron chi connectivity index (χ1n) is 2.16. The Morgan fingerprint density at radius 3 is 2.44 bits per heavy atom. The molecule has 9 heavy (non-hydrogen) atoms. The van der Waals surface area contributed by atoms with Crippen LogP contribution >= 0.6 is 12.2 Å². The molecular weight excluding hydrogens is 158 g/mol. The summed E-state index contributed by atoms with van der Waals surface area (Å²) >= 11 is 8.97. The van der Waals surface area contributed by atoms with Gasteiger partial charge in [-0.1, -0.05) is 4.32 Å². The molecule has 0 N–H and O–H groups in total. The molecule has 0 heterocycles. The monoisotopic (exact) mass is 163 g/mol. The largest absolute Gasteiger partial charge is 0.548 e. The minimum atomic E-state index is -1.18. The molecule has 0 radical (unpaired) electrons. The van der Waals surface area contributed by atoms with Gasteiger partial charge in [0.25, 0.3) is 0 Å². The van der Waals surface area contributed by atoms with Gasteiger partial charge in [-0.3, -0.25) is 0 Å². The molecule has 0 aromatic carbocycles. The van der Waals surface area contributed by atoms with Gasteiger partial charge in [-0.25, -0.2) is 0 Å². The summed E-state index contributed by atoms with van der Waals surface area (Å²) in [6, 6.07) is 0. The number of carboxylic acid groups (broad SMARTS) is 1. The van der Waals surface area contributed by atoms with Crippen molar-refractivity contribution >= 4 is 35.1 Å². The summed E-state index contributed by atoms with van der Waals surface area (Å²) in [4.78, 5) is 11.1. The SMILES string of the molecule is CN(CC(=O)[O-])C(=S)[S-]. The lowest BCUT2D eigenvalue weighted by molar-refractivity contribution is -0.305. The van der Waals surface area contributed by atoms with Crippen LogP contribution in [0.2, 0.25) is 0 Å². The summed E-state index contributed by atoms with van der Waals surface area (Å²) in [5.41, 5.74) is 0. The summed E-state index contributed by atoms with van der Waals surface area (Å²) in [7, 11) is 1.51. The van der Waals surface area contributed by atoms with E-state index in [2.05, 4.69) is 24.8 Å². The van der Waals surface area contributed by atoms with Crippen molar-refractivity contribution in [2.24, 2.45) is 0 Å². The third kappa shape index (κ3) is 4.11. The van der Waals surface area contributed by atoms with Crippen molar-refractivity contribution in [2.75, 3.05) is 13.6 Å². The highest BCUT2D eigenvalue weighted by atomic mass is 32.1. The summed E-state index contributed by atoms with van der Waals surface area (Å²) < 4.78 is 0.138. The summed E-state index contributed by atoms with van der Waals surface area (Å²) in [5.74, 6) is -1.18. The zero-order valence-electron chi connectivity index (χ0n) is 4.79. The Bertz CT molecular complexity index is 137. The van der Waals surface area contributed by atoms with E-state index in [9.17, 15) is 9.90 Å². The first-order chi connectivity index (χ1) is 4.04. The lowest BCUT2D eigenvalue weighted by Gasteiger charge is -2.22. The molecule has 0 aliphatic carbocycles. The van der Waals surface area contributed by atoms with Gasteiger partial charge in [0.05, 0.1) is 12.5 Å². The second-order valence-electron chi connectivity index (χ2n) is 1.49. The van der Waals surface area contributed by atoms with Gasteiger partial charge in [-0.05, 0) is 0 Å². The van der Waals surface area contributed by atoms with Crippen molar-refractivity contribution in [1.82, 2.24) is 4.90 Å². The van der Waals surface area contributed by atoms with Crippen molar-refractivity contribution in [2.45, 2.75) is 0 Å². The Kier molecular flexibility index (Phi) is 3.41. The third-order valence-electron chi connectivity index (χ3n) is 0.678. The molecule has 52 valence electrons. The minimum absolute atomic E-state index is 0.138. The van der Waals surface area contributed by atoms with Gasteiger partial charge in [0.1, 0.15) is 0 Å². The van der Waals surface area contributed by atoms with Gasteiger partial charge >= 0.3 is 0 Å². The van der Waals surface area contributed by atoms with Crippen molar-refractivity contribution in [3.8, 4) is 0 Å². The van der Waals surface area contributed by atoms with Crippen LogP contribution in [0.4, 0.5) is 0 Å². The first kappa shape index (κ1) is 8.58. The van der Waals surface area contributed by atoms with Gasteiger partial charge in [0.15, 0.2) is 0 Å². The van der Waals surface area contributed by atoms with Crippen molar-refractivity contribution in [3.05, 3.63) is 0 Å². The molecule has 3 nitrogen and oxygen atoms in total. The van der Waals surface area contributed by atoms with Crippen molar-refractivity contribution in [1.29, 1.82) is 0 Å². The van der Waals surface area contributed by atoms with Crippen LogP contribution in [-0.2, 0) is 17.4 Å². The van der Waals surface area contributed by atoms with Gasteiger partial charge in [0.2, 0.25) is 0 Å². The normalized spacial score (nSPS) is 8.56. The number of carbonyl (C=O) groups excluding carboxylic acids is 1. The van der Waals surface area contributed by atoms with Crippen molar-refractivity contribution < 1.29 is 9.90 Å². The van der Waals surface area contributed by atoms with E-state index in [1.807, 2.05) is 0 Å². The van der Waals surface area contributed by atoms with Crippen LogP contribution in [0.15, 0.2) is 0 Å². The standard InChI is InChI=1S/C4H7NO2S2/c1-5(4(8)9)2-3(6)7/h2H2,1H3,(H,6,7)(H,8,9)/p-2. The number of hydrogen-bond donors (Lipinski definition) is 0. The molecule has 0 saturated heterocycles. The van der Waals surface area contributed by atoms with Crippen LogP contribution in [0, 0.1) is 0 Å². The highest BCUT2D eigenvalue weighted by Crippen LogP contribution is 1.82. The predicted molar refractivity (Wildman–Crippen MR) is 37.6 cm³/mol. The topological polar surface area (TPSA) is 43.4 Å². The highest BCUT2D eigenvalue weighted by molar-refractivity contribution is 8.00. The van der Waals surface area contributed by atoms with Gasteiger partial charge < -0.3 is 39.6 Å². The molecule has 0 atom stereocenters. The Labute approximate surface area is 64.1 Å². The molecule has 0 aliphatic rings. The van der Waals surface area contributed by atoms with E-state index in [0.717, 1.165) is 0 Å². The van der Waals surface area contributed by atoms with E-state index < -0.39 is 5.97 Å². The van der Waals surface area contributed by atoms with E-state index in [0.29, 0.717) is 0 Å². The van der Waals surface area contributed by atoms with Crippen molar-refractivity contribution in [3.63, 3.8) is 0 Å². The molecule has 0 bridgehead atoms. The summed E-state index contributed by atoms with van der Waals surface area (Å²) in [6.45, 7) is -0.234. The van der Waals surface area contributed by atoms with E-state index in [4.69, 9.17) is 0 Å². The number of likely N-dealkylation sites (N-methyl/N-ethyl adjacent to an activating group) is 1. The lowest BCUT2D eigenvalue weighted by atomic mass is 10.6. The zero-order chi connectivity index (χ0) is 7.44. The maximum absolute atomic E-state index is 9.86. The maximum Gasteiger partial charge on any atom is 0.0607 e. The molecule has 0 rings (SSSR count). The quantitative estimate of drug-likeness (QED) is 0.366. The highest BCUT2D eigenvalue weighted by Gasteiger charge is 1.90. The smallest absolute Gasteiger partial charge is 0.0607 e. The fraction of sp³-hybridized carbons (Fsp3) is 0.500. The molecule has 0 unspecified atom stereocenters. The van der Waals surface area contributed by atoms with Crippen LogP contribution in [0.5, 0.6) is 0 Å². The second kappa shape index (κ2) is 3.58. The van der Waals surface area contributed by atoms with Crippen LogP contribution in [0.1, 0.15) is 0 Å². The first-order valence-corrected chi connectivity index (χ1v) is 2.97. The van der Waals surface area contributed by atoms with Crippen LogP contribution in [-0.4, -0.2) is 28.8 Å². The van der Waals surface area contributed by atoms with E-state index in [1.54, 1.807) is 0 Å². The molecule has 0 saturated carbocycles. The lowest BCUT2D eigenvalue weighted by Crippen LogP contribution is -2.37. The Morgan fingerprint density at radius 1 is 1.89 bits per heavy atom. The number of rotatable bonds is 2. The average Bonchev–Trinajstić information content (AvgIpc) is 1.63. The Balaban J connectivity index is 3.63. The molecular formula is C4H5NO2S2-2. The number of thiocarbonyl (C=S) groups is 1. The van der Waals surface area contributed by atoms with E-state index >= 15 is 0 Å². The van der Waals surface area contributed by atoms with Gasteiger partial charge in [-0.15, -0.1) is 0 Å². The second-order valence-corrected chi connectivity index (χ2v) is 2.53. The Hall–Kier alpha value is -0.420. The van der Waals surface area contributed by atoms with E-state index in [1.165, 1.54) is 11.9 Å². The number of carbonyl (C=O) groups is 1. The molecule has 0 aromatic rings. The molecule has 0 spiro atoms. The molecule has 0 aromatic heterocycles. The predicted octanol–water partition coefficient (Wildman–Crippen LogP) is -1.50. The number of nitrogens with zero attached hydrogens (tertiary/aromatic N) is 1. The van der Waals surface area contributed by atoms with Gasteiger partial charge in [0, 0.05) is 7.05 Å².